The lowest BCUT2D eigenvalue weighted by atomic mass is 9.93. The van der Waals surface area contributed by atoms with Crippen LogP contribution in [-0.4, -0.2) is 27.6 Å². The maximum atomic E-state index is 11.7. The maximum absolute atomic E-state index is 11.7. The Kier molecular flexibility index (Phi) is 2.87. The average molecular weight is 254 g/mol. The lowest BCUT2D eigenvalue weighted by molar-refractivity contribution is -0.120. The summed E-state index contributed by atoms with van der Waals surface area (Å²) in [4.78, 5) is 15.7. The number of imidazole rings is 1. The van der Waals surface area contributed by atoms with Gasteiger partial charge in [-0.3, -0.25) is 4.79 Å². The van der Waals surface area contributed by atoms with Crippen molar-refractivity contribution >= 4 is 11.5 Å². The van der Waals surface area contributed by atoms with E-state index in [-0.39, 0.29) is 11.7 Å². The van der Waals surface area contributed by atoms with Crippen LogP contribution in [0.3, 0.4) is 0 Å². The number of nitrogens with one attached hydrogen (secondary N) is 1. The molecule has 1 unspecified atom stereocenters. The molecule has 0 bridgehead atoms. The number of carbonyl (C=O) groups is 1. The summed E-state index contributed by atoms with van der Waals surface area (Å²) < 4.78 is 1.93. The third-order valence-corrected chi connectivity index (χ3v) is 3.31. The molecular weight excluding hydrogens is 240 g/mol. The van der Waals surface area contributed by atoms with Crippen LogP contribution in [0.25, 0.3) is 5.69 Å². The second kappa shape index (κ2) is 4.68. The fourth-order valence-electron chi connectivity index (χ4n) is 2.14. The molecule has 2 heterocycles. The van der Waals surface area contributed by atoms with Crippen LogP contribution in [0.15, 0.2) is 48.1 Å². The number of aromatic nitrogens is 2. The first-order chi connectivity index (χ1) is 9.25. The molecule has 1 N–H and O–H groups in total. The molecule has 0 radical (unpaired) electrons. The summed E-state index contributed by atoms with van der Waals surface area (Å²) >= 11 is 0. The summed E-state index contributed by atoms with van der Waals surface area (Å²) in [5.74, 6) is 0.0176. The Balaban J connectivity index is 1.91. The van der Waals surface area contributed by atoms with Crippen LogP contribution in [0.2, 0.25) is 0 Å². The molecule has 1 aliphatic heterocycles. The zero-order valence-electron chi connectivity index (χ0n) is 10.6. The Labute approximate surface area is 111 Å². The van der Waals surface area contributed by atoms with Crippen molar-refractivity contribution in [2.45, 2.75) is 6.92 Å². The third kappa shape index (κ3) is 2.14. The smallest absolute Gasteiger partial charge is 0.162 e. The van der Waals surface area contributed by atoms with Gasteiger partial charge in [-0.2, -0.15) is 5.10 Å². The zero-order valence-corrected chi connectivity index (χ0v) is 10.6. The van der Waals surface area contributed by atoms with Crippen molar-refractivity contribution in [3.8, 4) is 5.69 Å². The summed E-state index contributed by atoms with van der Waals surface area (Å²) in [6.07, 6.45) is 5.38. The fraction of sp³-hybridized carbons (Fsp3) is 0.214. The van der Waals surface area contributed by atoms with Crippen molar-refractivity contribution in [3.05, 3.63) is 48.5 Å². The van der Waals surface area contributed by atoms with Gasteiger partial charge < -0.3 is 9.99 Å². The topological polar surface area (TPSA) is 59.3 Å². The number of nitrogens with zero attached hydrogens (tertiary/aromatic N) is 3. The van der Waals surface area contributed by atoms with Gasteiger partial charge in [0, 0.05) is 18.1 Å². The van der Waals surface area contributed by atoms with Gasteiger partial charge in [0.1, 0.15) is 0 Å². The Hall–Kier alpha value is -2.43. The molecule has 3 rings (SSSR count). The summed E-state index contributed by atoms with van der Waals surface area (Å²) in [6.45, 7) is 2.21. The van der Waals surface area contributed by atoms with E-state index in [1.165, 1.54) is 0 Å². The second-order valence-electron chi connectivity index (χ2n) is 4.54. The van der Waals surface area contributed by atoms with E-state index in [4.69, 9.17) is 0 Å². The van der Waals surface area contributed by atoms with E-state index in [1.54, 1.807) is 12.5 Å². The number of hydrazone groups is 1. The molecule has 1 aromatic carbocycles. The summed E-state index contributed by atoms with van der Waals surface area (Å²) in [7, 11) is 0. The minimum atomic E-state index is -0.152. The van der Waals surface area contributed by atoms with E-state index in [0.29, 0.717) is 6.54 Å². The predicted octanol–water partition coefficient (Wildman–Crippen LogP) is 1.38. The molecule has 0 amide bonds. The molecular formula is C14H14N4O. The van der Waals surface area contributed by atoms with Crippen LogP contribution >= 0.6 is 0 Å². The highest BCUT2D eigenvalue weighted by atomic mass is 16.1. The van der Waals surface area contributed by atoms with E-state index in [0.717, 1.165) is 17.0 Å². The van der Waals surface area contributed by atoms with Crippen molar-refractivity contribution < 1.29 is 4.79 Å². The first-order valence-electron chi connectivity index (χ1n) is 6.17. The molecule has 1 aromatic heterocycles. The summed E-state index contributed by atoms with van der Waals surface area (Å²) in [6, 6.07) is 7.94. The van der Waals surface area contributed by atoms with Gasteiger partial charge >= 0.3 is 0 Å². The van der Waals surface area contributed by atoms with Crippen molar-refractivity contribution in [2.24, 2.45) is 11.0 Å². The standard InChI is InChI=1S/C14H14N4O/c1-10-13(19)8-16-17-14(10)11-2-4-12(5-3-11)18-7-6-15-9-18/h2-7,9-10,16H,8H2,1H3. The molecule has 0 fully saturated rings. The number of benzene rings is 1. The Morgan fingerprint density at radius 1 is 1.32 bits per heavy atom. The summed E-state index contributed by atoms with van der Waals surface area (Å²) in [5.41, 5.74) is 5.58. The van der Waals surface area contributed by atoms with E-state index in [1.807, 2.05) is 42.0 Å². The van der Waals surface area contributed by atoms with Crippen molar-refractivity contribution in [3.63, 3.8) is 0 Å². The Bertz CT molecular complexity index is 613. The normalized spacial score (nSPS) is 18.9. The highest BCUT2D eigenvalue weighted by Crippen LogP contribution is 2.16. The van der Waals surface area contributed by atoms with Crippen molar-refractivity contribution in [1.82, 2.24) is 15.0 Å². The van der Waals surface area contributed by atoms with Crippen LogP contribution in [0, 0.1) is 5.92 Å². The lowest BCUT2D eigenvalue weighted by Crippen LogP contribution is -2.36. The van der Waals surface area contributed by atoms with Gasteiger partial charge in [-0.05, 0) is 24.6 Å². The SMILES string of the molecule is CC1C(=O)CNN=C1c1ccc(-n2ccnc2)cc1. The molecule has 5 heteroatoms. The third-order valence-electron chi connectivity index (χ3n) is 3.31. The number of ketones is 1. The van der Waals surface area contributed by atoms with Gasteiger partial charge in [0.05, 0.1) is 24.5 Å². The monoisotopic (exact) mass is 254 g/mol. The van der Waals surface area contributed by atoms with Crippen LogP contribution in [0.5, 0.6) is 0 Å². The maximum Gasteiger partial charge on any atom is 0.162 e. The van der Waals surface area contributed by atoms with Gasteiger partial charge in [-0.15, -0.1) is 0 Å². The Morgan fingerprint density at radius 2 is 2.11 bits per heavy atom. The molecule has 1 aliphatic rings. The Morgan fingerprint density at radius 3 is 2.79 bits per heavy atom. The molecule has 0 aliphatic carbocycles. The lowest BCUT2D eigenvalue weighted by Gasteiger charge is -2.19. The predicted molar refractivity (Wildman–Crippen MR) is 72.3 cm³/mol. The van der Waals surface area contributed by atoms with Gasteiger partial charge in [-0.1, -0.05) is 12.1 Å². The molecule has 2 aromatic rings. The number of Topliss-reactive ketones (excluding diaryl/α,β-unsaturated/α-hetero) is 1. The van der Waals surface area contributed by atoms with E-state index in [2.05, 4.69) is 15.5 Å². The highest BCUT2D eigenvalue weighted by Gasteiger charge is 2.23. The van der Waals surface area contributed by atoms with E-state index >= 15 is 0 Å². The van der Waals surface area contributed by atoms with Gasteiger partial charge in [0.25, 0.3) is 0 Å². The highest BCUT2D eigenvalue weighted by molar-refractivity contribution is 6.14. The molecule has 1 atom stereocenters. The molecule has 0 spiro atoms. The molecule has 5 nitrogen and oxygen atoms in total. The van der Waals surface area contributed by atoms with E-state index < -0.39 is 0 Å². The number of carbonyl (C=O) groups excluding carboxylic acids is 1. The molecule has 96 valence electrons. The fourth-order valence-corrected chi connectivity index (χ4v) is 2.14. The van der Waals surface area contributed by atoms with Crippen LogP contribution in [0.4, 0.5) is 0 Å². The van der Waals surface area contributed by atoms with Gasteiger partial charge in [0.15, 0.2) is 5.78 Å². The van der Waals surface area contributed by atoms with Crippen molar-refractivity contribution in [2.75, 3.05) is 6.54 Å². The first-order valence-corrected chi connectivity index (χ1v) is 6.17. The molecule has 19 heavy (non-hydrogen) atoms. The number of rotatable bonds is 2. The number of hydrogen-bond acceptors (Lipinski definition) is 4. The minimum absolute atomic E-state index is 0.152. The average Bonchev–Trinajstić information content (AvgIpc) is 2.96. The summed E-state index contributed by atoms with van der Waals surface area (Å²) in [5, 5.41) is 4.25. The van der Waals surface area contributed by atoms with E-state index in [9.17, 15) is 4.79 Å². The molecule has 0 saturated carbocycles. The van der Waals surface area contributed by atoms with Gasteiger partial charge in [-0.25, -0.2) is 4.98 Å². The second-order valence-corrected chi connectivity index (χ2v) is 4.54. The van der Waals surface area contributed by atoms with Crippen molar-refractivity contribution in [1.29, 1.82) is 0 Å². The quantitative estimate of drug-likeness (QED) is 0.881. The molecule has 0 saturated heterocycles. The number of hydrogen-bond donors (Lipinski definition) is 1. The first kappa shape index (κ1) is 11.6. The van der Waals surface area contributed by atoms with Crippen LogP contribution < -0.4 is 5.43 Å². The zero-order chi connectivity index (χ0) is 13.2. The largest absolute Gasteiger partial charge is 0.306 e. The minimum Gasteiger partial charge on any atom is -0.306 e. The van der Waals surface area contributed by atoms with Crippen LogP contribution in [-0.2, 0) is 4.79 Å². The van der Waals surface area contributed by atoms with Crippen LogP contribution in [0.1, 0.15) is 12.5 Å². The van der Waals surface area contributed by atoms with Gasteiger partial charge in [0.2, 0.25) is 0 Å².